The monoisotopic (exact) mass is 493 g/mol. The first-order chi connectivity index (χ1) is 15.8. The fraction of sp³-hybridized carbons (Fsp3) is 0.286. The van der Waals surface area contributed by atoms with Crippen LogP contribution in [0.15, 0.2) is 30.3 Å². The van der Waals surface area contributed by atoms with E-state index in [2.05, 4.69) is 5.32 Å². The summed E-state index contributed by atoms with van der Waals surface area (Å²) in [6.45, 7) is 0.953. The van der Waals surface area contributed by atoms with Gasteiger partial charge in [0.05, 0.1) is 19.8 Å². The molecule has 0 radical (unpaired) electrons. The van der Waals surface area contributed by atoms with Crippen LogP contribution in [0.25, 0.3) is 11.1 Å². The van der Waals surface area contributed by atoms with Gasteiger partial charge in [-0.3, -0.25) is 19.3 Å². The molecule has 1 aliphatic rings. The highest BCUT2D eigenvalue weighted by atomic mass is 35.5. The van der Waals surface area contributed by atoms with E-state index >= 15 is 0 Å². The maximum Gasteiger partial charge on any atom is 0.341 e. The first-order valence-electron chi connectivity index (χ1n) is 9.81. The molecule has 1 fully saturated rings. The topological polar surface area (TPSA) is 122 Å². The van der Waals surface area contributed by atoms with Gasteiger partial charge in [-0.15, -0.1) is 11.3 Å². The number of halogens is 1. The van der Waals surface area contributed by atoms with Crippen LogP contribution in [0.1, 0.15) is 17.3 Å². The first kappa shape index (κ1) is 24.4. The average Bonchev–Trinajstić information content (AvgIpc) is 3.21. The maximum absolute atomic E-state index is 12.7. The molecule has 5 amide bonds. The molecular formula is C21H20ClN3O7S. The molecule has 1 N–H and O–H groups in total. The van der Waals surface area contributed by atoms with Gasteiger partial charge in [-0.05, 0) is 12.5 Å². The SMILES string of the molecule is CCOC(=O)c1c(NC(=O)CN2C(=O)C(=O)N(CCOC)C2=O)sc(Cl)c1-c1ccccc1. The molecule has 0 atom stereocenters. The van der Waals surface area contributed by atoms with Gasteiger partial charge in [0.15, 0.2) is 0 Å². The molecule has 1 saturated heterocycles. The van der Waals surface area contributed by atoms with Crippen molar-refractivity contribution in [2.24, 2.45) is 0 Å². The summed E-state index contributed by atoms with van der Waals surface area (Å²) in [5.74, 6) is -3.64. The van der Waals surface area contributed by atoms with Crippen LogP contribution in [0.3, 0.4) is 0 Å². The Morgan fingerprint density at radius 2 is 1.76 bits per heavy atom. The Hall–Kier alpha value is -3.28. The number of esters is 1. The van der Waals surface area contributed by atoms with Gasteiger partial charge in [0, 0.05) is 12.7 Å². The van der Waals surface area contributed by atoms with Crippen LogP contribution in [-0.4, -0.2) is 72.9 Å². The van der Waals surface area contributed by atoms with Gasteiger partial charge < -0.3 is 14.8 Å². The van der Waals surface area contributed by atoms with Crippen molar-refractivity contribution in [2.45, 2.75) is 6.92 Å². The summed E-state index contributed by atoms with van der Waals surface area (Å²) in [4.78, 5) is 63.2. The molecule has 0 unspecified atom stereocenters. The van der Waals surface area contributed by atoms with Crippen molar-refractivity contribution in [3.8, 4) is 11.1 Å². The minimum atomic E-state index is -1.12. The lowest BCUT2D eigenvalue weighted by atomic mass is 10.0. The normalized spacial score (nSPS) is 13.6. The van der Waals surface area contributed by atoms with Crippen LogP contribution >= 0.6 is 22.9 Å². The lowest BCUT2D eigenvalue weighted by molar-refractivity contribution is -0.143. The van der Waals surface area contributed by atoms with Crippen LogP contribution < -0.4 is 5.32 Å². The number of hydrogen-bond acceptors (Lipinski definition) is 8. The number of nitrogens with one attached hydrogen (secondary N) is 1. The van der Waals surface area contributed by atoms with Crippen LogP contribution in [-0.2, 0) is 23.9 Å². The summed E-state index contributed by atoms with van der Waals surface area (Å²) < 4.78 is 10.2. The summed E-state index contributed by atoms with van der Waals surface area (Å²) >= 11 is 7.33. The number of rotatable bonds is 9. The Balaban J connectivity index is 1.85. The zero-order chi connectivity index (χ0) is 24.1. The van der Waals surface area contributed by atoms with Crippen LogP contribution in [0, 0.1) is 0 Å². The second-order valence-corrected chi connectivity index (χ2v) is 8.34. The van der Waals surface area contributed by atoms with E-state index in [-0.39, 0.29) is 34.7 Å². The van der Waals surface area contributed by atoms with Crippen LogP contribution in [0.2, 0.25) is 4.34 Å². The van der Waals surface area contributed by atoms with E-state index < -0.39 is 36.3 Å². The quantitative estimate of drug-likeness (QED) is 0.323. The molecule has 174 valence electrons. The summed E-state index contributed by atoms with van der Waals surface area (Å²) in [6, 6.07) is 7.93. The highest BCUT2D eigenvalue weighted by Gasteiger charge is 2.45. The number of nitrogens with zero attached hydrogens (tertiary/aromatic N) is 2. The molecular weight excluding hydrogens is 474 g/mol. The Bertz CT molecular complexity index is 1100. The third-order valence-corrected chi connectivity index (χ3v) is 5.93. The van der Waals surface area contributed by atoms with Gasteiger partial charge in [-0.25, -0.2) is 14.5 Å². The van der Waals surface area contributed by atoms with E-state index in [9.17, 15) is 24.0 Å². The number of carbonyl (C=O) groups excluding carboxylic acids is 5. The van der Waals surface area contributed by atoms with Crippen molar-refractivity contribution in [3.63, 3.8) is 0 Å². The molecule has 2 aromatic rings. The van der Waals surface area contributed by atoms with E-state index in [0.29, 0.717) is 20.9 Å². The number of anilines is 1. The number of hydrogen-bond donors (Lipinski definition) is 1. The average molecular weight is 494 g/mol. The van der Waals surface area contributed by atoms with Gasteiger partial charge in [0.1, 0.15) is 21.4 Å². The molecule has 1 aromatic carbocycles. The minimum Gasteiger partial charge on any atom is -0.462 e. The van der Waals surface area contributed by atoms with Crippen LogP contribution in [0.5, 0.6) is 0 Å². The molecule has 0 aliphatic carbocycles. The summed E-state index contributed by atoms with van der Waals surface area (Å²) in [7, 11) is 1.38. The van der Waals surface area contributed by atoms with Gasteiger partial charge in [-0.1, -0.05) is 41.9 Å². The number of carbonyl (C=O) groups is 5. The van der Waals surface area contributed by atoms with Crippen molar-refractivity contribution >= 4 is 57.7 Å². The first-order valence-corrected chi connectivity index (χ1v) is 11.0. The van der Waals surface area contributed by atoms with Crippen LogP contribution in [0.4, 0.5) is 9.80 Å². The lowest BCUT2D eigenvalue weighted by Crippen LogP contribution is -2.39. The molecule has 0 bridgehead atoms. The molecule has 1 aromatic heterocycles. The Labute approximate surface area is 198 Å². The predicted molar refractivity (Wildman–Crippen MR) is 120 cm³/mol. The Kier molecular flexibility index (Phi) is 7.79. The van der Waals surface area contributed by atoms with E-state index in [0.717, 1.165) is 11.3 Å². The molecule has 12 heteroatoms. The van der Waals surface area contributed by atoms with E-state index in [1.807, 2.05) is 0 Å². The zero-order valence-corrected chi connectivity index (χ0v) is 19.3. The minimum absolute atomic E-state index is 0.0453. The molecule has 0 spiro atoms. The fourth-order valence-corrected chi connectivity index (χ4v) is 4.52. The lowest BCUT2D eigenvalue weighted by Gasteiger charge is -2.15. The standard InChI is InChI=1S/C21H20ClN3O7S/c1-3-32-20(29)15-14(12-7-5-4-6-8-12)16(22)33-17(15)23-13(26)11-25-19(28)18(27)24(21(25)30)9-10-31-2/h4-8H,3,9-11H2,1-2H3,(H,23,26). The molecule has 10 nitrogen and oxygen atoms in total. The van der Waals surface area contributed by atoms with Gasteiger partial charge in [0.25, 0.3) is 0 Å². The largest absolute Gasteiger partial charge is 0.462 e. The number of urea groups is 1. The number of amides is 5. The molecule has 0 saturated carbocycles. The van der Waals surface area contributed by atoms with Gasteiger partial charge in [0.2, 0.25) is 5.91 Å². The summed E-state index contributed by atoms with van der Waals surface area (Å²) in [5.41, 5.74) is 1.10. The number of ether oxygens (including phenoxy) is 2. The molecule has 1 aliphatic heterocycles. The zero-order valence-electron chi connectivity index (χ0n) is 17.8. The maximum atomic E-state index is 12.7. The smallest absolute Gasteiger partial charge is 0.341 e. The third kappa shape index (κ3) is 5.05. The molecule has 2 heterocycles. The van der Waals surface area contributed by atoms with Gasteiger partial charge in [-0.2, -0.15) is 0 Å². The van der Waals surface area contributed by atoms with Crippen molar-refractivity contribution < 1.29 is 33.4 Å². The number of thiophene rings is 1. The second-order valence-electron chi connectivity index (χ2n) is 6.71. The van der Waals surface area contributed by atoms with Crippen molar-refractivity contribution in [2.75, 3.05) is 38.7 Å². The number of methoxy groups -OCH3 is 1. The highest BCUT2D eigenvalue weighted by molar-refractivity contribution is 7.21. The van der Waals surface area contributed by atoms with E-state index in [4.69, 9.17) is 21.1 Å². The fourth-order valence-electron chi connectivity index (χ4n) is 3.13. The Morgan fingerprint density at radius 1 is 1.09 bits per heavy atom. The van der Waals surface area contributed by atoms with E-state index in [1.165, 1.54) is 7.11 Å². The van der Waals surface area contributed by atoms with Gasteiger partial charge >= 0.3 is 23.8 Å². The highest BCUT2D eigenvalue weighted by Crippen LogP contribution is 2.44. The predicted octanol–water partition coefficient (Wildman–Crippen LogP) is 2.62. The number of imide groups is 2. The van der Waals surface area contributed by atoms with E-state index in [1.54, 1.807) is 37.3 Å². The summed E-state index contributed by atoms with van der Waals surface area (Å²) in [5, 5.41) is 2.62. The summed E-state index contributed by atoms with van der Waals surface area (Å²) in [6.07, 6.45) is 0. The molecule has 33 heavy (non-hydrogen) atoms. The van der Waals surface area contributed by atoms with Crippen molar-refractivity contribution in [1.29, 1.82) is 0 Å². The van der Waals surface area contributed by atoms with Crippen molar-refractivity contribution in [1.82, 2.24) is 9.80 Å². The third-order valence-electron chi connectivity index (χ3n) is 4.62. The Morgan fingerprint density at radius 3 is 2.39 bits per heavy atom. The molecule has 3 rings (SSSR count). The second kappa shape index (κ2) is 10.6. The number of benzene rings is 1. The van der Waals surface area contributed by atoms with Crippen molar-refractivity contribution in [3.05, 3.63) is 40.2 Å².